The van der Waals surface area contributed by atoms with E-state index in [0.717, 1.165) is 16.2 Å². The second kappa shape index (κ2) is 8.08. The van der Waals surface area contributed by atoms with Gasteiger partial charge in [0.2, 0.25) is 5.78 Å². The molecule has 1 aliphatic rings. The third-order valence-electron chi connectivity index (χ3n) is 5.36. The number of carbonyl (C=O) groups is 2. The van der Waals surface area contributed by atoms with Crippen LogP contribution in [0.3, 0.4) is 0 Å². The van der Waals surface area contributed by atoms with E-state index in [4.69, 9.17) is 16.0 Å². The number of carbonyl (C=O) groups excluding carboxylic acids is 2. The van der Waals surface area contributed by atoms with Crippen molar-refractivity contribution in [1.82, 2.24) is 4.98 Å². The summed E-state index contributed by atoms with van der Waals surface area (Å²) in [6.45, 7) is 1.65. The normalized spacial score (nSPS) is 16.0. The average molecular weight is 496 g/mol. The average Bonchev–Trinajstić information content (AvgIpc) is 3.49. The van der Waals surface area contributed by atoms with Gasteiger partial charge in [-0.05, 0) is 42.8 Å². The van der Waals surface area contributed by atoms with Crippen LogP contribution in [0.5, 0.6) is 0 Å². The maximum Gasteiger partial charge on any atom is 0.296 e. The number of hydrogen-bond donors (Lipinski definition) is 1. The highest BCUT2D eigenvalue weighted by molar-refractivity contribution is 7.22. The van der Waals surface area contributed by atoms with Gasteiger partial charge in [0.05, 0.1) is 26.8 Å². The zero-order valence-corrected chi connectivity index (χ0v) is 19.0. The number of furan rings is 1. The van der Waals surface area contributed by atoms with Gasteiger partial charge < -0.3 is 9.52 Å². The molecule has 1 N–H and O–H groups in total. The molecule has 0 radical (unpaired) electrons. The summed E-state index contributed by atoms with van der Waals surface area (Å²) in [5.74, 6) is -1.93. The first-order valence-corrected chi connectivity index (χ1v) is 11.1. The Hall–Kier alpha value is -4.02. The van der Waals surface area contributed by atoms with E-state index in [0.29, 0.717) is 21.0 Å². The summed E-state index contributed by atoms with van der Waals surface area (Å²) in [5.41, 5.74) is 0.344. The molecule has 0 spiro atoms. The van der Waals surface area contributed by atoms with E-state index in [1.54, 1.807) is 37.3 Å². The number of ketones is 1. The Balaban J connectivity index is 1.70. The number of Topliss-reactive ketones (excluding diaryl/α,β-unsaturated/α-hetero) is 1. The number of non-ortho nitro benzene ring substituents is 1. The van der Waals surface area contributed by atoms with E-state index >= 15 is 0 Å². The zero-order chi connectivity index (χ0) is 24.1. The van der Waals surface area contributed by atoms with Crippen LogP contribution >= 0.6 is 22.9 Å². The summed E-state index contributed by atoms with van der Waals surface area (Å²) in [6.07, 6.45) is 0. The van der Waals surface area contributed by atoms with Crippen LogP contribution in [0.1, 0.15) is 27.9 Å². The van der Waals surface area contributed by atoms with Crippen LogP contribution in [0.15, 0.2) is 70.3 Å². The second-order valence-corrected chi connectivity index (χ2v) is 8.99. The lowest BCUT2D eigenvalue weighted by molar-refractivity contribution is -0.384. The topological polar surface area (TPSA) is 127 Å². The third-order valence-corrected chi connectivity index (χ3v) is 6.61. The molecule has 34 heavy (non-hydrogen) atoms. The van der Waals surface area contributed by atoms with Crippen LogP contribution in [0.2, 0.25) is 5.02 Å². The van der Waals surface area contributed by atoms with E-state index in [-0.39, 0.29) is 27.7 Å². The molecule has 1 atom stereocenters. The molecule has 11 heteroatoms. The molecule has 2 aromatic heterocycles. The van der Waals surface area contributed by atoms with Crippen molar-refractivity contribution in [3.63, 3.8) is 0 Å². The van der Waals surface area contributed by atoms with E-state index in [2.05, 4.69) is 4.98 Å². The molecule has 5 rings (SSSR count). The predicted octanol–water partition coefficient (Wildman–Crippen LogP) is 5.54. The molecule has 2 aromatic carbocycles. The number of nitrogens with zero attached hydrogens (tertiary/aromatic N) is 3. The Kier molecular flexibility index (Phi) is 5.18. The predicted molar refractivity (Wildman–Crippen MR) is 125 cm³/mol. The molecular formula is C23H14ClN3O6S. The van der Waals surface area contributed by atoms with Crippen LogP contribution in [0, 0.1) is 17.0 Å². The molecule has 170 valence electrons. The number of nitro benzene ring substituents is 1. The molecule has 1 aliphatic heterocycles. The molecule has 9 nitrogen and oxygen atoms in total. The molecule has 0 aliphatic carbocycles. The Morgan fingerprint density at radius 1 is 1.24 bits per heavy atom. The SMILES string of the molecule is Cc1ccc(C(=O)C2=C(O)C(=O)N(c3nc4ccc(Cl)cc4s3)C2c2cccc([N+](=O)[O-])c2)o1. The highest BCUT2D eigenvalue weighted by Gasteiger charge is 2.46. The third kappa shape index (κ3) is 3.53. The largest absolute Gasteiger partial charge is 0.503 e. The molecule has 3 heterocycles. The molecule has 1 unspecified atom stereocenters. The Morgan fingerprint density at radius 2 is 2.03 bits per heavy atom. The second-order valence-electron chi connectivity index (χ2n) is 7.54. The molecular weight excluding hydrogens is 482 g/mol. The first-order chi connectivity index (χ1) is 16.2. The maximum atomic E-state index is 13.4. The Bertz CT molecular complexity index is 1540. The summed E-state index contributed by atoms with van der Waals surface area (Å²) in [7, 11) is 0. The van der Waals surface area contributed by atoms with Gasteiger partial charge in [0, 0.05) is 17.2 Å². The Morgan fingerprint density at radius 3 is 2.74 bits per heavy atom. The summed E-state index contributed by atoms with van der Waals surface area (Å²) in [4.78, 5) is 43.1. The molecule has 1 amide bonds. The van der Waals surface area contributed by atoms with Gasteiger partial charge in [-0.2, -0.15) is 0 Å². The van der Waals surface area contributed by atoms with Gasteiger partial charge in [-0.3, -0.25) is 24.6 Å². The highest BCUT2D eigenvalue weighted by Crippen LogP contribution is 2.45. The standard InChI is InChI=1S/C23H14ClN3O6S/c1-11-5-8-16(33-11)20(28)18-19(12-3-2-4-14(9-12)27(31)32)26(22(30)21(18)29)23-25-15-7-6-13(24)10-17(15)34-23/h2-10,19,29H,1H3. The smallest absolute Gasteiger partial charge is 0.296 e. The quantitative estimate of drug-likeness (QED) is 0.218. The lowest BCUT2D eigenvalue weighted by Gasteiger charge is -2.24. The van der Waals surface area contributed by atoms with Gasteiger partial charge in [0.1, 0.15) is 5.76 Å². The number of hydrogen-bond acceptors (Lipinski definition) is 8. The first-order valence-electron chi connectivity index (χ1n) is 9.93. The molecule has 0 saturated carbocycles. The van der Waals surface area contributed by atoms with Crippen LogP contribution in [0.25, 0.3) is 10.2 Å². The van der Waals surface area contributed by atoms with Crippen molar-refractivity contribution in [1.29, 1.82) is 0 Å². The zero-order valence-electron chi connectivity index (χ0n) is 17.4. The van der Waals surface area contributed by atoms with Crippen LogP contribution in [-0.2, 0) is 4.79 Å². The van der Waals surface area contributed by atoms with Crippen molar-refractivity contribution in [2.24, 2.45) is 0 Å². The summed E-state index contributed by atoms with van der Waals surface area (Å²) < 4.78 is 6.12. The fourth-order valence-corrected chi connectivity index (χ4v) is 5.11. The summed E-state index contributed by atoms with van der Waals surface area (Å²) in [6, 6.07) is 12.4. The van der Waals surface area contributed by atoms with Crippen molar-refractivity contribution in [3.8, 4) is 0 Å². The fourth-order valence-electron chi connectivity index (χ4n) is 3.84. The number of anilines is 1. The van der Waals surface area contributed by atoms with Gasteiger partial charge in [-0.15, -0.1) is 0 Å². The number of aromatic nitrogens is 1. The van der Waals surface area contributed by atoms with Gasteiger partial charge in [-0.1, -0.05) is 35.1 Å². The molecule has 0 fully saturated rings. The number of aliphatic hydroxyl groups excluding tert-OH is 1. The number of halogens is 1. The summed E-state index contributed by atoms with van der Waals surface area (Å²) >= 11 is 7.22. The number of rotatable bonds is 5. The van der Waals surface area contributed by atoms with E-state index < -0.39 is 28.4 Å². The number of amides is 1. The van der Waals surface area contributed by atoms with E-state index in [1.165, 1.54) is 24.3 Å². The van der Waals surface area contributed by atoms with Gasteiger partial charge in [0.25, 0.3) is 11.6 Å². The van der Waals surface area contributed by atoms with Crippen molar-refractivity contribution in [3.05, 3.63) is 98.2 Å². The van der Waals surface area contributed by atoms with Crippen molar-refractivity contribution < 1.29 is 24.0 Å². The van der Waals surface area contributed by atoms with Gasteiger partial charge >= 0.3 is 0 Å². The minimum atomic E-state index is -1.17. The maximum absolute atomic E-state index is 13.4. The fraction of sp³-hybridized carbons (Fsp3) is 0.0870. The van der Waals surface area contributed by atoms with Gasteiger partial charge in [0.15, 0.2) is 16.7 Å². The Labute approximate surface area is 200 Å². The molecule has 0 saturated heterocycles. The van der Waals surface area contributed by atoms with Crippen LogP contribution in [0.4, 0.5) is 10.8 Å². The number of thiazole rings is 1. The van der Waals surface area contributed by atoms with Crippen molar-refractivity contribution >= 4 is 55.7 Å². The van der Waals surface area contributed by atoms with E-state index in [9.17, 15) is 24.8 Å². The van der Waals surface area contributed by atoms with E-state index in [1.807, 2.05) is 0 Å². The van der Waals surface area contributed by atoms with Crippen LogP contribution in [-0.4, -0.2) is 26.7 Å². The van der Waals surface area contributed by atoms with Gasteiger partial charge in [-0.25, -0.2) is 4.98 Å². The minimum Gasteiger partial charge on any atom is -0.503 e. The lowest BCUT2D eigenvalue weighted by Crippen LogP contribution is -2.31. The summed E-state index contributed by atoms with van der Waals surface area (Å²) in [5, 5.41) is 22.9. The van der Waals surface area contributed by atoms with Crippen LogP contribution < -0.4 is 4.90 Å². The minimum absolute atomic E-state index is 0.0692. The van der Waals surface area contributed by atoms with Crippen molar-refractivity contribution in [2.75, 3.05) is 4.90 Å². The highest BCUT2D eigenvalue weighted by atomic mass is 35.5. The number of aliphatic hydroxyl groups is 1. The van der Waals surface area contributed by atoms with Crippen molar-refractivity contribution in [2.45, 2.75) is 13.0 Å². The number of nitro groups is 1. The molecule has 4 aromatic rings. The molecule has 0 bridgehead atoms. The number of benzene rings is 2. The number of fused-ring (bicyclic) bond motifs is 1. The monoisotopic (exact) mass is 495 g/mol. The first kappa shape index (κ1) is 21.8. The number of aryl methyl sites for hydroxylation is 1. The lowest BCUT2D eigenvalue weighted by atomic mass is 9.95.